The number of fused-ring (bicyclic) bond motifs is 2. The molecule has 2 saturated heterocycles. The van der Waals surface area contributed by atoms with Crippen molar-refractivity contribution in [2.24, 2.45) is 11.8 Å². The van der Waals surface area contributed by atoms with Crippen LogP contribution in [0.1, 0.15) is 16.8 Å². The van der Waals surface area contributed by atoms with Gasteiger partial charge in [-0.15, -0.1) is 0 Å². The van der Waals surface area contributed by atoms with E-state index in [0.717, 1.165) is 37.5 Å². The summed E-state index contributed by atoms with van der Waals surface area (Å²) in [5, 5.41) is 3.45. The first-order valence-electron chi connectivity index (χ1n) is 6.90. The SMILES string of the molecule is COc1ccc(C(=O)N2C[C@@H]3CNC[C@@H](C3)C2)cc1. The van der Waals surface area contributed by atoms with E-state index in [4.69, 9.17) is 4.74 Å². The van der Waals surface area contributed by atoms with Crippen molar-refractivity contribution in [3.8, 4) is 5.75 Å². The molecule has 0 radical (unpaired) electrons. The first-order chi connectivity index (χ1) is 9.26. The average molecular weight is 260 g/mol. The average Bonchev–Trinajstić information content (AvgIpc) is 2.46. The van der Waals surface area contributed by atoms with Crippen molar-refractivity contribution in [3.63, 3.8) is 0 Å². The number of ether oxygens (including phenoxy) is 1. The fourth-order valence-corrected chi connectivity index (χ4v) is 3.19. The molecule has 102 valence electrons. The molecule has 3 rings (SSSR count). The Hall–Kier alpha value is -1.55. The van der Waals surface area contributed by atoms with Gasteiger partial charge in [-0.05, 0) is 55.6 Å². The zero-order valence-corrected chi connectivity index (χ0v) is 11.3. The highest BCUT2D eigenvalue weighted by molar-refractivity contribution is 5.94. The zero-order chi connectivity index (χ0) is 13.2. The summed E-state index contributed by atoms with van der Waals surface area (Å²) in [4.78, 5) is 14.5. The van der Waals surface area contributed by atoms with Gasteiger partial charge in [0, 0.05) is 18.7 Å². The predicted octanol–water partition coefficient (Wildman–Crippen LogP) is 1.38. The Labute approximate surface area is 113 Å². The number of methoxy groups -OCH3 is 1. The minimum atomic E-state index is 0.152. The van der Waals surface area contributed by atoms with Gasteiger partial charge in [0.25, 0.3) is 5.91 Å². The molecule has 4 heteroatoms. The van der Waals surface area contributed by atoms with E-state index in [9.17, 15) is 4.79 Å². The number of nitrogens with zero attached hydrogens (tertiary/aromatic N) is 1. The summed E-state index contributed by atoms with van der Waals surface area (Å²) in [7, 11) is 1.63. The molecular weight excluding hydrogens is 240 g/mol. The maximum Gasteiger partial charge on any atom is 0.253 e. The van der Waals surface area contributed by atoms with Crippen LogP contribution >= 0.6 is 0 Å². The Bertz CT molecular complexity index is 446. The molecule has 2 aliphatic rings. The summed E-state index contributed by atoms with van der Waals surface area (Å²) in [5.74, 6) is 2.18. The van der Waals surface area contributed by atoms with Crippen molar-refractivity contribution < 1.29 is 9.53 Å². The van der Waals surface area contributed by atoms with Crippen LogP contribution in [0.25, 0.3) is 0 Å². The molecule has 19 heavy (non-hydrogen) atoms. The Kier molecular flexibility index (Phi) is 3.42. The number of hydrogen-bond donors (Lipinski definition) is 1. The fraction of sp³-hybridized carbons (Fsp3) is 0.533. The Morgan fingerprint density at radius 3 is 2.42 bits per heavy atom. The van der Waals surface area contributed by atoms with Gasteiger partial charge in [-0.3, -0.25) is 4.79 Å². The molecule has 2 aliphatic heterocycles. The van der Waals surface area contributed by atoms with Crippen LogP contribution in [0.5, 0.6) is 5.75 Å². The van der Waals surface area contributed by atoms with Gasteiger partial charge in [-0.1, -0.05) is 0 Å². The van der Waals surface area contributed by atoms with Gasteiger partial charge in [-0.25, -0.2) is 0 Å². The number of carbonyl (C=O) groups excluding carboxylic acids is 1. The molecule has 0 aromatic heterocycles. The van der Waals surface area contributed by atoms with E-state index in [-0.39, 0.29) is 5.91 Å². The van der Waals surface area contributed by atoms with E-state index in [1.165, 1.54) is 6.42 Å². The van der Waals surface area contributed by atoms with Crippen molar-refractivity contribution in [2.75, 3.05) is 33.3 Å². The molecule has 0 unspecified atom stereocenters. The molecule has 0 aliphatic carbocycles. The maximum atomic E-state index is 12.5. The van der Waals surface area contributed by atoms with E-state index < -0.39 is 0 Å². The van der Waals surface area contributed by atoms with E-state index in [0.29, 0.717) is 11.8 Å². The van der Waals surface area contributed by atoms with Crippen molar-refractivity contribution in [1.29, 1.82) is 0 Å². The fourth-order valence-electron chi connectivity index (χ4n) is 3.19. The summed E-state index contributed by atoms with van der Waals surface area (Å²) in [6, 6.07) is 7.40. The van der Waals surface area contributed by atoms with E-state index in [1.54, 1.807) is 7.11 Å². The molecule has 1 aromatic rings. The number of benzene rings is 1. The number of amides is 1. The number of likely N-dealkylation sites (tertiary alicyclic amines) is 1. The maximum absolute atomic E-state index is 12.5. The highest BCUT2D eigenvalue weighted by Gasteiger charge is 2.32. The smallest absolute Gasteiger partial charge is 0.253 e. The Balaban J connectivity index is 1.72. The molecule has 2 fully saturated rings. The molecule has 4 nitrogen and oxygen atoms in total. The number of rotatable bonds is 2. The van der Waals surface area contributed by atoms with E-state index in [1.807, 2.05) is 29.2 Å². The number of piperidine rings is 2. The summed E-state index contributed by atoms with van der Waals surface area (Å²) >= 11 is 0. The quantitative estimate of drug-likeness (QED) is 0.873. The minimum absolute atomic E-state index is 0.152. The Morgan fingerprint density at radius 1 is 1.21 bits per heavy atom. The molecule has 2 heterocycles. The standard InChI is InChI=1S/C15H20N2O2/c1-19-14-4-2-13(3-5-14)15(18)17-9-11-6-12(10-17)8-16-7-11/h2-5,11-12,16H,6-10H2,1H3/t11-,12+. The molecule has 0 saturated carbocycles. The van der Waals surface area contributed by atoms with Crippen LogP contribution in [0, 0.1) is 11.8 Å². The third kappa shape index (κ3) is 2.59. The topological polar surface area (TPSA) is 41.6 Å². The normalized spacial score (nSPS) is 26.1. The van der Waals surface area contributed by atoms with Gasteiger partial charge in [0.15, 0.2) is 0 Å². The third-order valence-electron chi connectivity index (χ3n) is 4.11. The second kappa shape index (κ2) is 5.21. The van der Waals surface area contributed by atoms with Gasteiger partial charge in [-0.2, -0.15) is 0 Å². The lowest BCUT2D eigenvalue weighted by Gasteiger charge is -2.41. The molecule has 0 spiro atoms. The van der Waals surface area contributed by atoms with Crippen LogP contribution in [-0.4, -0.2) is 44.1 Å². The number of nitrogens with one attached hydrogen (secondary N) is 1. The summed E-state index contributed by atoms with van der Waals surface area (Å²) in [6.45, 7) is 3.86. The zero-order valence-electron chi connectivity index (χ0n) is 11.3. The summed E-state index contributed by atoms with van der Waals surface area (Å²) in [6.07, 6.45) is 1.26. The van der Waals surface area contributed by atoms with Crippen molar-refractivity contribution in [3.05, 3.63) is 29.8 Å². The number of hydrogen-bond acceptors (Lipinski definition) is 3. The van der Waals surface area contributed by atoms with Crippen molar-refractivity contribution >= 4 is 5.91 Å². The third-order valence-corrected chi connectivity index (χ3v) is 4.11. The Morgan fingerprint density at radius 2 is 1.84 bits per heavy atom. The van der Waals surface area contributed by atoms with Gasteiger partial charge in [0.05, 0.1) is 7.11 Å². The van der Waals surface area contributed by atoms with E-state index >= 15 is 0 Å². The predicted molar refractivity (Wildman–Crippen MR) is 73.4 cm³/mol. The van der Waals surface area contributed by atoms with Crippen LogP contribution in [0.3, 0.4) is 0 Å². The minimum Gasteiger partial charge on any atom is -0.497 e. The van der Waals surface area contributed by atoms with Crippen molar-refractivity contribution in [1.82, 2.24) is 10.2 Å². The van der Waals surface area contributed by atoms with Crippen LogP contribution in [0.4, 0.5) is 0 Å². The molecule has 2 atom stereocenters. The number of carbonyl (C=O) groups is 1. The first kappa shape index (κ1) is 12.5. The van der Waals surface area contributed by atoms with Crippen LogP contribution < -0.4 is 10.1 Å². The monoisotopic (exact) mass is 260 g/mol. The summed E-state index contributed by atoms with van der Waals surface area (Å²) < 4.78 is 5.12. The van der Waals surface area contributed by atoms with Crippen LogP contribution in [0.2, 0.25) is 0 Å². The molecule has 1 amide bonds. The lowest BCUT2D eigenvalue weighted by atomic mass is 9.85. The second-order valence-corrected chi connectivity index (χ2v) is 5.56. The largest absolute Gasteiger partial charge is 0.497 e. The van der Waals surface area contributed by atoms with E-state index in [2.05, 4.69) is 5.32 Å². The first-order valence-corrected chi connectivity index (χ1v) is 6.90. The lowest BCUT2D eigenvalue weighted by molar-refractivity contribution is 0.0537. The highest BCUT2D eigenvalue weighted by Crippen LogP contribution is 2.25. The van der Waals surface area contributed by atoms with Gasteiger partial charge in [0.1, 0.15) is 5.75 Å². The molecule has 2 bridgehead atoms. The molecular formula is C15H20N2O2. The highest BCUT2D eigenvalue weighted by atomic mass is 16.5. The van der Waals surface area contributed by atoms with Crippen molar-refractivity contribution in [2.45, 2.75) is 6.42 Å². The molecule has 1 N–H and O–H groups in total. The van der Waals surface area contributed by atoms with Crippen LogP contribution in [-0.2, 0) is 0 Å². The van der Waals surface area contributed by atoms with Crippen LogP contribution in [0.15, 0.2) is 24.3 Å². The lowest BCUT2D eigenvalue weighted by Crippen LogP contribution is -2.52. The van der Waals surface area contributed by atoms with Gasteiger partial charge >= 0.3 is 0 Å². The van der Waals surface area contributed by atoms with Gasteiger partial charge in [0.2, 0.25) is 0 Å². The molecule has 1 aromatic carbocycles. The summed E-state index contributed by atoms with van der Waals surface area (Å²) in [5.41, 5.74) is 0.758. The van der Waals surface area contributed by atoms with Gasteiger partial charge < -0.3 is 15.0 Å². The second-order valence-electron chi connectivity index (χ2n) is 5.56.